The first-order valence-electron chi connectivity index (χ1n) is 11.4. The van der Waals surface area contributed by atoms with Crippen molar-refractivity contribution in [1.29, 1.82) is 0 Å². The van der Waals surface area contributed by atoms with Crippen molar-refractivity contribution >= 4 is 0 Å². The van der Waals surface area contributed by atoms with Crippen LogP contribution in [0.4, 0.5) is 0 Å². The molecular weight excluding hydrogens is 368 g/mol. The molecule has 2 aromatic carbocycles. The van der Waals surface area contributed by atoms with Crippen LogP contribution in [0.5, 0.6) is 5.75 Å². The molecule has 0 aliphatic carbocycles. The molecule has 162 valence electrons. The van der Waals surface area contributed by atoms with Crippen LogP contribution >= 0.6 is 0 Å². The third-order valence-electron chi connectivity index (χ3n) is 6.49. The molecule has 0 bridgehead atoms. The molecule has 2 aromatic rings. The third kappa shape index (κ3) is 5.08. The highest BCUT2D eigenvalue weighted by atomic mass is 16.3. The lowest BCUT2D eigenvalue weighted by Crippen LogP contribution is -2.26. The van der Waals surface area contributed by atoms with E-state index in [0.29, 0.717) is 18.6 Å². The molecule has 30 heavy (non-hydrogen) atoms. The van der Waals surface area contributed by atoms with E-state index in [4.69, 9.17) is 0 Å². The number of phenols is 1. The summed E-state index contributed by atoms with van der Waals surface area (Å²) in [6.07, 6.45) is 5.21. The Hall–Kier alpha value is -2.24. The molecule has 0 aromatic heterocycles. The molecular formula is C28H38O2. The molecule has 0 radical (unpaired) electrons. The van der Waals surface area contributed by atoms with Crippen molar-refractivity contribution in [3.8, 4) is 17.6 Å². The fourth-order valence-corrected chi connectivity index (χ4v) is 4.55. The van der Waals surface area contributed by atoms with E-state index in [1.54, 1.807) is 6.07 Å². The first-order chi connectivity index (χ1) is 14.2. The number of aliphatic hydroxyl groups is 1. The maximum Gasteiger partial charge on any atom is 0.125 e. The van der Waals surface area contributed by atoms with Gasteiger partial charge in [0.25, 0.3) is 0 Å². The second kappa shape index (κ2) is 10.2. The predicted octanol–water partition coefficient (Wildman–Crippen LogP) is 6.80. The second-order valence-electron chi connectivity index (χ2n) is 8.60. The minimum atomic E-state index is -0.894. The molecule has 0 fully saturated rings. The molecule has 0 atom stereocenters. The number of hydrogen-bond donors (Lipinski definition) is 2. The molecule has 2 rings (SSSR count). The van der Waals surface area contributed by atoms with Crippen LogP contribution in [0.15, 0.2) is 36.4 Å². The van der Waals surface area contributed by atoms with Crippen LogP contribution in [0.1, 0.15) is 94.0 Å². The first-order valence-corrected chi connectivity index (χ1v) is 11.4. The minimum absolute atomic E-state index is 0.0969. The topological polar surface area (TPSA) is 40.5 Å². The molecule has 0 spiro atoms. The zero-order chi connectivity index (χ0) is 22.4. The molecule has 0 aliphatic heterocycles. The SMILES string of the molecule is CCCC(O)(C#Cc1ccc(C(CC)(CC)c2ccc(O)c(C)c2)cc1C)CCC. The summed E-state index contributed by atoms with van der Waals surface area (Å²) in [6.45, 7) is 12.7. The van der Waals surface area contributed by atoms with Gasteiger partial charge in [0.1, 0.15) is 11.4 Å². The summed E-state index contributed by atoms with van der Waals surface area (Å²) in [5.74, 6) is 6.77. The highest BCUT2D eigenvalue weighted by molar-refractivity contribution is 5.50. The number of aryl methyl sites for hydroxylation is 2. The van der Waals surface area contributed by atoms with Crippen LogP contribution < -0.4 is 0 Å². The van der Waals surface area contributed by atoms with E-state index in [1.165, 1.54) is 11.1 Å². The first kappa shape index (κ1) is 24.0. The average Bonchev–Trinajstić information content (AvgIpc) is 2.71. The lowest BCUT2D eigenvalue weighted by molar-refractivity contribution is 0.0807. The normalized spacial score (nSPS) is 11.8. The lowest BCUT2D eigenvalue weighted by Gasteiger charge is -2.34. The zero-order valence-electron chi connectivity index (χ0n) is 19.6. The summed E-state index contributed by atoms with van der Waals surface area (Å²) in [7, 11) is 0. The Kier molecular flexibility index (Phi) is 8.16. The van der Waals surface area contributed by atoms with Gasteiger partial charge in [0.15, 0.2) is 0 Å². The Morgan fingerprint density at radius 3 is 1.80 bits per heavy atom. The van der Waals surface area contributed by atoms with Gasteiger partial charge in [-0.2, -0.15) is 0 Å². The fraction of sp³-hybridized carbons (Fsp3) is 0.500. The Bertz CT molecular complexity index is 904. The average molecular weight is 407 g/mol. The van der Waals surface area contributed by atoms with Crippen LogP contribution in [0.3, 0.4) is 0 Å². The van der Waals surface area contributed by atoms with Crippen molar-refractivity contribution in [1.82, 2.24) is 0 Å². The summed E-state index contributed by atoms with van der Waals surface area (Å²) >= 11 is 0. The highest BCUT2D eigenvalue weighted by Crippen LogP contribution is 2.40. The highest BCUT2D eigenvalue weighted by Gasteiger charge is 2.31. The summed E-state index contributed by atoms with van der Waals surface area (Å²) in [5, 5.41) is 20.8. The molecule has 0 amide bonds. The molecule has 0 unspecified atom stereocenters. The van der Waals surface area contributed by atoms with Crippen LogP contribution in [0.2, 0.25) is 0 Å². The van der Waals surface area contributed by atoms with Crippen molar-refractivity contribution in [3.05, 3.63) is 64.2 Å². The van der Waals surface area contributed by atoms with Gasteiger partial charge in [0, 0.05) is 11.0 Å². The van der Waals surface area contributed by atoms with Crippen molar-refractivity contribution in [3.63, 3.8) is 0 Å². The minimum Gasteiger partial charge on any atom is -0.508 e. The second-order valence-corrected chi connectivity index (χ2v) is 8.60. The number of hydrogen-bond acceptors (Lipinski definition) is 2. The molecule has 0 saturated carbocycles. The molecule has 2 heteroatoms. The number of phenolic OH excluding ortho intramolecular Hbond substituents is 1. The number of rotatable bonds is 8. The molecule has 0 aliphatic rings. The van der Waals surface area contributed by atoms with Gasteiger partial charge in [-0.25, -0.2) is 0 Å². The number of benzene rings is 2. The van der Waals surface area contributed by atoms with E-state index in [2.05, 4.69) is 70.7 Å². The standard InChI is InChI=1S/C28H38O2/c1-7-16-27(30,17-8-2)18-15-23-11-12-24(19-21(23)5)28(9-3,10-4)25-13-14-26(29)22(6)20-25/h11-14,19-20,29-30H,7-10,16-17H2,1-6H3. The van der Waals surface area contributed by atoms with Crippen LogP contribution in [0.25, 0.3) is 0 Å². The molecule has 0 heterocycles. The Labute approximate surface area is 183 Å². The van der Waals surface area contributed by atoms with E-state index in [0.717, 1.165) is 42.4 Å². The van der Waals surface area contributed by atoms with E-state index in [-0.39, 0.29) is 5.41 Å². The smallest absolute Gasteiger partial charge is 0.125 e. The summed E-state index contributed by atoms with van der Waals surface area (Å²) in [4.78, 5) is 0. The van der Waals surface area contributed by atoms with Gasteiger partial charge in [-0.15, -0.1) is 0 Å². The maximum atomic E-state index is 10.8. The van der Waals surface area contributed by atoms with Crippen molar-refractivity contribution in [2.75, 3.05) is 0 Å². The van der Waals surface area contributed by atoms with E-state index in [1.807, 2.05) is 13.0 Å². The Morgan fingerprint density at radius 1 is 0.800 bits per heavy atom. The van der Waals surface area contributed by atoms with Gasteiger partial charge >= 0.3 is 0 Å². The largest absolute Gasteiger partial charge is 0.508 e. The summed E-state index contributed by atoms with van der Waals surface area (Å²) in [6, 6.07) is 12.5. The zero-order valence-corrected chi connectivity index (χ0v) is 19.6. The van der Waals surface area contributed by atoms with Crippen molar-refractivity contribution in [2.24, 2.45) is 0 Å². The monoisotopic (exact) mass is 406 g/mol. The van der Waals surface area contributed by atoms with Gasteiger partial charge in [-0.3, -0.25) is 0 Å². The van der Waals surface area contributed by atoms with Crippen molar-refractivity contribution < 1.29 is 10.2 Å². The molecule has 0 saturated heterocycles. The fourth-order valence-electron chi connectivity index (χ4n) is 4.55. The predicted molar refractivity (Wildman–Crippen MR) is 127 cm³/mol. The van der Waals surface area contributed by atoms with Crippen LogP contribution in [0, 0.1) is 25.7 Å². The van der Waals surface area contributed by atoms with Gasteiger partial charge in [-0.05, 0) is 73.9 Å². The quantitative estimate of drug-likeness (QED) is 0.473. The van der Waals surface area contributed by atoms with Gasteiger partial charge in [0.2, 0.25) is 0 Å². The van der Waals surface area contributed by atoms with Gasteiger partial charge in [-0.1, -0.05) is 76.6 Å². The van der Waals surface area contributed by atoms with E-state index in [9.17, 15) is 10.2 Å². The van der Waals surface area contributed by atoms with Crippen molar-refractivity contribution in [2.45, 2.75) is 91.1 Å². The van der Waals surface area contributed by atoms with Gasteiger partial charge < -0.3 is 10.2 Å². The summed E-state index contributed by atoms with van der Waals surface area (Å²) in [5.41, 5.74) is 4.54. The number of aromatic hydroxyl groups is 1. The van der Waals surface area contributed by atoms with Crippen LogP contribution in [-0.4, -0.2) is 15.8 Å². The Balaban J connectivity index is 2.48. The Morgan fingerprint density at radius 2 is 1.33 bits per heavy atom. The molecule has 2 N–H and O–H groups in total. The van der Waals surface area contributed by atoms with Crippen LogP contribution in [-0.2, 0) is 5.41 Å². The molecule has 2 nitrogen and oxygen atoms in total. The lowest BCUT2D eigenvalue weighted by atomic mass is 9.70. The third-order valence-corrected chi connectivity index (χ3v) is 6.49. The van der Waals surface area contributed by atoms with Gasteiger partial charge in [0.05, 0.1) is 0 Å². The summed E-state index contributed by atoms with van der Waals surface area (Å²) < 4.78 is 0. The van der Waals surface area contributed by atoms with E-state index < -0.39 is 5.60 Å². The maximum absolute atomic E-state index is 10.8. The van der Waals surface area contributed by atoms with E-state index >= 15 is 0 Å².